The number of carboxylic acids is 1. The number of hydrogen-bond acceptors (Lipinski definition) is 5. The van der Waals surface area contributed by atoms with Crippen LogP contribution in [0.25, 0.3) is 0 Å². The molecule has 0 atom stereocenters. The summed E-state index contributed by atoms with van der Waals surface area (Å²) in [5, 5.41) is 8.98. The molecule has 1 aromatic carbocycles. The van der Waals surface area contributed by atoms with Crippen molar-refractivity contribution >= 4 is 35.0 Å². The van der Waals surface area contributed by atoms with Gasteiger partial charge in [-0.05, 0) is 18.6 Å². The number of aromatic nitrogens is 1. The summed E-state index contributed by atoms with van der Waals surface area (Å²) in [5.41, 5.74) is 7.11. The smallest absolute Gasteiger partial charge is 0.347 e. The maximum absolute atomic E-state index is 11.3. The van der Waals surface area contributed by atoms with Gasteiger partial charge in [0.25, 0.3) is 0 Å². The van der Waals surface area contributed by atoms with E-state index in [1.807, 2.05) is 12.1 Å². The van der Waals surface area contributed by atoms with Crippen molar-refractivity contribution in [3.63, 3.8) is 0 Å². The average molecular weight is 308 g/mol. The van der Waals surface area contributed by atoms with Crippen molar-refractivity contribution in [3.05, 3.63) is 46.0 Å². The Balaban J connectivity index is 2.15. The highest BCUT2D eigenvalue weighted by Gasteiger charge is 2.15. The Morgan fingerprint density at radius 1 is 1.40 bits per heavy atom. The average Bonchev–Trinajstić information content (AvgIpc) is 2.78. The highest BCUT2D eigenvalue weighted by Crippen LogP contribution is 2.30. The van der Waals surface area contributed by atoms with Crippen molar-refractivity contribution in [1.82, 2.24) is 4.98 Å². The van der Waals surface area contributed by atoms with Gasteiger partial charge in [0, 0.05) is 11.3 Å². The fraction of sp³-hybridized carbons (Fsp3) is 0.154. The molecule has 0 aliphatic carbocycles. The standard InChI is InChI=1S/C13H12N2O3S2/c1-7-10(12(17)18)20-13(15-7)19-6-8-4-2-3-5-9(8)11(14)16/h2-5H,6H2,1H3,(H2,14,16)(H,17,18). The molecule has 0 saturated carbocycles. The van der Waals surface area contributed by atoms with Crippen LogP contribution in [0.5, 0.6) is 0 Å². The minimum atomic E-state index is -0.968. The van der Waals surface area contributed by atoms with Gasteiger partial charge in [0.1, 0.15) is 4.88 Å². The summed E-state index contributed by atoms with van der Waals surface area (Å²) in [7, 11) is 0. The number of rotatable bonds is 5. The molecule has 0 fully saturated rings. The van der Waals surface area contributed by atoms with E-state index < -0.39 is 11.9 Å². The van der Waals surface area contributed by atoms with Gasteiger partial charge >= 0.3 is 5.97 Å². The predicted molar refractivity (Wildman–Crippen MR) is 78.3 cm³/mol. The predicted octanol–water partition coefficient (Wildman–Crippen LogP) is 2.54. The number of thioether (sulfide) groups is 1. The van der Waals surface area contributed by atoms with Gasteiger partial charge in [-0.2, -0.15) is 0 Å². The first-order valence-electron chi connectivity index (χ1n) is 5.70. The zero-order valence-corrected chi connectivity index (χ0v) is 12.3. The van der Waals surface area contributed by atoms with Gasteiger partial charge in [-0.1, -0.05) is 30.0 Å². The van der Waals surface area contributed by atoms with Gasteiger partial charge in [-0.15, -0.1) is 11.3 Å². The largest absolute Gasteiger partial charge is 0.477 e. The number of carboxylic acid groups (broad SMARTS) is 1. The van der Waals surface area contributed by atoms with Crippen LogP contribution in [0.15, 0.2) is 28.6 Å². The lowest BCUT2D eigenvalue weighted by molar-refractivity contribution is 0.0701. The molecule has 5 nitrogen and oxygen atoms in total. The van der Waals surface area contributed by atoms with Gasteiger partial charge < -0.3 is 10.8 Å². The number of thiazole rings is 1. The van der Waals surface area contributed by atoms with Gasteiger partial charge in [-0.3, -0.25) is 4.79 Å². The van der Waals surface area contributed by atoms with Gasteiger partial charge in [0.05, 0.1) is 5.69 Å². The number of hydrogen-bond donors (Lipinski definition) is 2. The molecular weight excluding hydrogens is 296 g/mol. The van der Waals surface area contributed by atoms with Gasteiger partial charge in [-0.25, -0.2) is 9.78 Å². The Hall–Kier alpha value is -1.86. The third kappa shape index (κ3) is 3.17. The number of carbonyl (C=O) groups excluding carboxylic acids is 1. The van der Waals surface area contributed by atoms with Crippen LogP contribution >= 0.6 is 23.1 Å². The van der Waals surface area contributed by atoms with Crippen molar-refractivity contribution in [1.29, 1.82) is 0 Å². The van der Waals surface area contributed by atoms with Crippen LogP contribution in [0, 0.1) is 6.92 Å². The number of benzene rings is 1. The summed E-state index contributed by atoms with van der Waals surface area (Å²) >= 11 is 2.53. The van der Waals surface area contributed by atoms with Crippen LogP contribution < -0.4 is 5.73 Å². The summed E-state index contributed by atoms with van der Waals surface area (Å²) in [5.74, 6) is -0.919. The molecule has 0 saturated heterocycles. The van der Waals surface area contributed by atoms with Crippen molar-refractivity contribution in [2.24, 2.45) is 5.73 Å². The SMILES string of the molecule is Cc1nc(SCc2ccccc2C(N)=O)sc1C(=O)O. The van der Waals surface area contributed by atoms with Crippen LogP contribution in [-0.2, 0) is 5.75 Å². The van der Waals surface area contributed by atoms with E-state index in [9.17, 15) is 9.59 Å². The molecule has 0 aliphatic heterocycles. The summed E-state index contributed by atoms with van der Waals surface area (Å²) in [6, 6.07) is 7.09. The van der Waals surface area contributed by atoms with Crippen LogP contribution in [0.4, 0.5) is 0 Å². The number of primary amides is 1. The molecule has 0 unspecified atom stereocenters. The maximum Gasteiger partial charge on any atom is 0.347 e. The van der Waals surface area contributed by atoms with Gasteiger partial charge in [0.2, 0.25) is 5.91 Å². The molecule has 0 spiro atoms. The normalized spacial score (nSPS) is 10.4. The molecule has 0 bridgehead atoms. The highest BCUT2D eigenvalue weighted by atomic mass is 32.2. The van der Waals surface area contributed by atoms with E-state index in [0.717, 1.165) is 16.9 Å². The lowest BCUT2D eigenvalue weighted by Gasteiger charge is -2.04. The number of aromatic carboxylic acids is 1. The zero-order valence-electron chi connectivity index (χ0n) is 10.6. The first-order valence-corrected chi connectivity index (χ1v) is 7.50. The van der Waals surface area contributed by atoms with Crippen molar-refractivity contribution in [2.45, 2.75) is 17.0 Å². The summed E-state index contributed by atoms with van der Waals surface area (Å²) in [6.45, 7) is 1.67. The van der Waals surface area contributed by atoms with E-state index in [2.05, 4.69) is 4.98 Å². The van der Waals surface area contributed by atoms with E-state index in [4.69, 9.17) is 10.8 Å². The van der Waals surface area contributed by atoms with Crippen LogP contribution in [-0.4, -0.2) is 22.0 Å². The molecule has 1 aromatic heterocycles. The van der Waals surface area contributed by atoms with Crippen molar-refractivity contribution in [2.75, 3.05) is 0 Å². The Morgan fingerprint density at radius 2 is 2.10 bits per heavy atom. The van der Waals surface area contributed by atoms with E-state index in [1.165, 1.54) is 11.8 Å². The second kappa shape index (κ2) is 6.06. The highest BCUT2D eigenvalue weighted by molar-refractivity contribution is 8.00. The monoisotopic (exact) mass is 308 g/mol. The molecular formula is C13H12N2O3S2. The second-order valence-electron chi connectivity index (χ2n) is 4.01. The third-order valence-corrected chi connectivity index (χ3v) is 4.94. The fourth-order valence-electron chi connectivity index (χ4n) is 1.66. The quantitative estimate of drug-likeness (QED) is 0.828. The molecule has 7 heteroatoms. The maximum atomic E-state index is 11.3. The Morgan fingerprint density at radius 3 is 2.70 bits per heavy atom. The van der Waals surface area contributed by atoms with Crippen LogP contribution in [0.2, 0.25) is 0 Å². The lowest BCUT2D eigenvalue weighted by Crippen LogP contribution is -2.13. The first-order chi connectivity index (χ1) is 9.49. The lowest BCUT2D eigenvalue weighted by atomic mass is 10.1. The molecule has 3 N–H and O–H groups in total. The van der Waals surface area contributed by atoms with E-state index in [0.29, 0.717) is 21.3 Å². The van der Waals surface area contributed by atoms with E-state index >= 15 is 0 Å². The molecule has 20 heavy (non-hydrogen) atoms. The minimum absolute atomic E-state index is 0.246. The number of aryl methyl sites for hydroxylation is 1. The molecule has 0 radical (unpaired) electrons. The third-order valence-electron chi connectivity index (χ3n) is 2.61. The molecule has 2 rings (SSSR count). The molecule has 2 aromatic rings. The van der Waals surface area contributed by atoms with Crippen molar-refractivity contribution < 1.29 is 14.7 Å². The Labute approximate surface area is 123 Å². The first kappa shape index (κ1) is 14.5. The Kier molecular flexibility index (Phi) is 4.41. The minimum Gasteiger partial charge on any atom is -0.477 e. The fourth-order valence-corrected chi connectivity index (χ4v) is 3.69. The second-order valence-corrected chi connectivity index (χ2v) is 6.23. The summed E-state index contributed by atoms with van der Waals surface area (Å²) < 4.78 is 0.666. The number of nitrogens with two attached hydrogens (primary N) is 1. The van der Waals surface area contributed by atoms with Crippen LogP contribution in [0.3, 0.4) is 0 Å². The van der Waals surface area contributed by atoms with E-state index in [1.54, 1.807) is 19.1 Å². The number of nitrogens with zero attached hydrogens (tertiary/aromatic N) is 1. The number of carbonyl (C=O) groups is 2. The van der Waals surface area contributed by atoms with E-state index in [-0.39, 0.29) is 4.88 Å². The summed E-state index contributed by atoms with van der Waals surface area (Å²) in [6.07, 6.45) is 0. The van der Waals surface area contributed by atoms with Crippen molar-refractivity contribution in [3.8, 4) is 0 Å². The molecule has 0 aliphatic rings. The Bertz CT molecular complexity index is 667. The molecule has 1 amide bonds. The number of amides is 1. The molecule has 104 valence electrons. The topological polar surface area (TPSA) is 93.3 Å². The van der Waals surface area contributed by atoms with Gasteiger partial charge in [0.15, 0.2) is 4.34 Å². The zero-order chi connectivity index (χ0) is 14.7. The summed E-state index contributed by atoms with van der Waals surface area (Å²) in [4.78, 5) is 26.7. The van der Waals surface area contributed by atoms with Crippen LogP contribution in [0.1, 0.15) is 31.3 Å². The molecule has 1 heterocycles.